The molecule has 0 atom stereocenters. The number of nitro groups is 1. The van der Waals surface area contributed by atoms with Gasteiger partial charge in [-0.1, -0.05) is 6.92 Å². The Kier molecular flexibility index (Phi) is 5.38. The van der Waals surface area contributed by atoms with Gasteiger partial charge in [0, 0.05) is 32.2 Å². The number of likely N-dealkylation sites (N-methyl/N-ethyl adjacent to an activating group) is 1. The first-order chi connectivity index (χ1) is 11.0. The third kappa shape index (κ3) is 3.53. The van der Waals surface area contributed by atoms with Crippen molar-refractivity contribution in [1.82, 2.24) is 9.80 Å². The minimum Gasteiger partial charge on any atom is -0.493 e. The molecule has 1 heterocycles. The maximum absolute atomic E-state index is 12.7. The summed E-state index contributed by atoms with van der Waals surface area (Å²) in [5.41, 5.74) is -0.247. The molecule has 1 saturated heterocycles. The Balaban J connectivity index is 2.33. The van der Waals surface area contributed by atoms with Crippen molar-refractivity contribution in [2.45, 2.75) is 6.92 Å². The summed E-state index contributed by atoms with van der Waals surface area (Å²) in [6, 6.07) is 2.61. The lowest BCUT2D eigenvalue weighted by atomic mass is 10.1. The number of piperazine rings is 1. The van der Waals surface area contributed by atoms with E-state index in [1.807, 2.05) is 0 Å². The lowest BCUT2D eigenvalue weighted by Gasteiger charge is -2.34. The number of carbonyl (C=O) groups is 1. The summed E-state index contributed by atoms with van der Waals surface area (Å²) >= 11 is 0. The van der Waals surface area contributed by atoms with Gasteiger partial charge >= 0.3 is 0 Å². The van der Waals surface area contributed by atoms with E-state index in [0.29, 0.717) is 18.8 Å². The standard InChI is InChI=1S/C15H21N3O5/c1-4-16-5-7-17(8-6-16)15(19)11-9-13(22-2)14(23-3)10-12(11)18(20)21/h9-10H,4-8H2,1-3H3. The normalized spacial score (nSPS) is 15.3. The highest BCUT2D eigenvalue weighted by molar-refractivity contribution is 5.99. The van der Waals surface area contributed by atoms with Gasteiger partial charge < -0.3 is 19.3 Å². The van der Waals surface area contributed by atoms with Crippen LogP contribution in [0.4, 0.5) is 5.69 Å². The van der Waals surface area contributed by atoms with Gasteiger partial charge in [0.2, 0.25) is 0 Å². The van der Waals surface area contributed by atoms with Crippen LogP contribution >= 0.6 is 0 Å². The predicted octanol–water partition coefficient (Wildman–Crippen LogP) is 1.39. The second-order valence-corrected chi connectivity index (χ2v) is 5.21. The summed E-state index contributed by atoms with van der Waals surface area (Å²) in [6.07, 6.45) is 0. The Hall–Kier alpha value is -2.35. The first-order valence-electron chi connectivity index (χ1n) is 7.43. The van der Waals surface area contributed by atoms with Crippen LogP contribution in [0.15, 0.2) is 12.1 Å². The van der Waals surface area contributed by atoms with Gasteiger partial charge in [0.25, 0.3) is 11.6 Å². The fraction of sp³-hybridized carbons (Fsp3) is 0.533. The molecule has 126 valence electrons. The maximum atomic E-state index is 12.7. The summed E-state index contributed by atoms with van der Waals surface area (Å²) in [5.74, 6) is 0.175. The van der Waals surface area contributed by atoms with Crippen LogP contribution in [0.1, 0.15) is 17.3 Å². The number of amides is 1. The Morgan fingerprint density at radius 1 is 1.17 bits per heavy atom. The molecule has 1 aromatic carbocycles. The molecule has 8 heteroatoms. The third-order valence-electron chi connectivity index (χ3n) is 4.04. The van der Waals surface area contributed by atoms with Crippen LogP contribution in [0.2, 0.25) is 0 Å². The lowest BCUT2D eigenvalue weighted by Crippen LogP contribution is -2.48. The van der Waals surface area contributed by atoms with E-state index >= 15 is 0 Å². The van der Waals surface area contributed by atoms with E-state index in [-0.39, 0.29) is 22.9 Å². The minimum atomic E-state index is -0.572. The van der Waals surface area contributed by atoms with Gasteiger partial charge in [0.05, 0.1) is 25.2 Å². The van der Waals surface area contributed by atoms with E-state index in [0.717, 1.165) is 19.6 Å². The Morgan fingerprint density at radius 3 is 2.22 bits per heavy atom. The number of hydrogen-bond donors (Lipinski definition) is 0. The first kappa shape index (κ1) is 17.0. The largest absolute Gasteiger partial charge is 0.493 e. The van der Waals surface area contributed by atoms with Gasteiger partial charge in [-0.05, 0) is 6.54 Å². The summed E-state index contributed by atoms with van der Waals surface area (Å²) in [7, 11) is 2.82. The van der Waals surface area contributed by atoms with E-state index < -0.39 is 4.92 Å². The second-order valence-electron chi connectivity index (χ2n) is 5.21. The molecule has 1 amide bonds. The molecule has 0 saturated carbocycles. The van der Waals surface area contributed by atoms with Crippen LogP contribution in [-0.2, 0) is 0 Å². The van der Waals surface area contributed by atoms with Crippen molar-refractivity contribution in [2.24, 2.45) is 0 Å². The zero-order chi connectivity index (χ0) is 17.0. The highest BCUT2D eigenvalue weighted by Crippen LogP contribution is 2.35. The number of benzene rings is 1. The SMILES string of the molecule is CCN1CCN(C(=O)c2cc(OC)c(OC)cc2[N+](=O)[O-])CC1. The summed E-state index contributed by atoms with van der Waals surface area (Å²) in [4.78, 5) is 27.3. The van der Waals surface area contributed by atoms with Gasteiger partial charge in [-0.15, -0.1) is 0 Å². The number of nitrogens with zero attached hydrogens (tertiary/aromatic N) is 3. The van der Waals surface area contributed by atoms with Crippen LogP contribution in [-0.4, -0.2) is 67.6 Å². The van der Waals surface area contributed by atoms with Gasteiger partial charge in [-0.2, -0.15) is 0 Å². The van der Waals surface area contributed by atoms with Gasteiger partial charge in [0.15, 0.2) is 11.5 Å². The smallest absolute Gasteiger partial charge is 0.286 e. The van der Waals surface area contributed by atoms with E-state index in [4.69, 9.17) is 9.47 Å². The highest BCUT2D eigenvalue weighted by atomic mass is 16.6. The zero-order valence-electron chi connectivity index (χ0n) is 13.6. The summed E-state index contributed by atoms with van der Waals surface area (Å²) in [5, 5.41) is 11.3. The molecule has 1 aromatic rings. The van der Waals surface area contributed by atoms with E-state index in [2.05, 4.69) is 11.8 Å². The van der Waals surface area contributed by atoms with Crippen LogP contribution in [0, 0.1) is 10.1 Å². The van der Waals surface area contributed by atoms with Crippen molar-refractivity contribution in [3.8, 4) is 11.5 Å². The fourth-order valence-electron chi connectivity index (χ4n) is 2.63. The third-order valence-corrected chi connectivity index (χ3v) is 4.04. The topological polar surface area (TPSA) is 85.2 Å². The number of ether oxygens (including phenoxy) is 2. The molecule has 0 N–H and O–H groups in total. The van der Waals surface area contributed by atoms with Crippen LogP contribution < -0.4 is 9.47 Å². The van der Waals surface area contributed by atoms with E-state index in [1.54, 1.807) is 4.90 Å². The Morgan fingerprint density at radius 2 is 1.74 bits per heavy atom. The van der Waals surface area contributed by atoms with E-state index in [9.17, 15) is 14.9 Å². The first-order valence-corrected chi connectivity index (χ1v) is 7.43. The molecule has 2 rings (SSSR count). The summed E-state index contributed by atoms with van der Waals surface area (Å²) < 4.78 is 10.2. The Labute approximate surface area is 134 Å². The minimum absolute atomic E-state index is 0.0256. The molecular formula is C15H21N3O5. The predicted molar refractivity (Wildman–Crippen MR) is 84.2 cm³/mol. The molecule has 0 aliphatic carbocycles. The van der Waals surface area contributed by atoms with Crippen LogP contribution in [0.25, 0.3) is 0 Å². The number of carbonyl (C=O) groups excluding carboxylic acids is 1. The molecule has 0 aromatic heterocycles. The summed E-state index contributed by atoms with van der Waals surface area (Å²) in [6.45, 7) is 5.64. The molecule has 1 fully saturated rings. The number of hydrogen-bond acceptors (Lipinski definition) is 6. The Bertz CT molecular complexity index is 597. The van der Waals surface area contributed by atoms with Gasteiger partial charge in [-0.25, -0.2) is 0 Å². The van der Waals surface area contributed by atoms with Crippen molar-refractivity contribution in [1.29, 1.82) is 0 Å². The number of rotatable bonds is 5. The number of methoxy groups -OCH3 is 2. The van der Waals surface area contributed by atoms with E-state index in [1.165, 1.54) is 26.4 Å². The fourth-order valence-corrected chi connectivity index (χ4v) is 2.63. The van der Waals surface area contributed by atoms with Crippen molar-refractivity contribution >= 4 is 11.6 Å². The number of nitro benzene ring substituents is 1. The molecule has 0 bridgehead atoms. The highest BCUT2D eigenvalue weighted by Gasteiger charge is 2.29. The zero-order valence-corrected chi connectivity index (χ0v) is 13.6. The average Bonchev–Trinajstić information content (AvgIpc) is 2.59. The molecule has 1 aliphatic rings. The monoisotopic (exact) mass is 323 g/mol. The lowest BCUT2D eigenvalue weighted by molar-refractivity contribution is -0.385. The van der Waals surface area contributed by atoms with Crippen molar-refractivity contribution < 1.29 is 19.2 Å². The molecule has 1 aliphatic heterocycles. The molecule has 0 unspecified atom stereocenters. The van der Waals surface area contributed by atoms with Gasteiger partial charge in [0.1, 0.15) is 5.56 Å². The molecule has 0 radical (unpaired) electrons. The molecule has 8 nitrogen and oxygen atoms in total. The average molecular weight is 323 g/mol. The molecular weight excluding hydrogens is 302 g/mol. The van der Waals surface area contributed by atoms with Crippen LogP contribution in [0.5, 0.6) is 11.5 Å². The second kappa shape index (κ2) is 7.28. The quantitative estimate of drug-likeness (QED) is 0.601. The van der Waals surface area contributed by atoms with Crippen LogP contribution in [0.3, 0.4) is 0 Å². The van der Waals surface area contributed by atoms with Crippen molar-refractivity contribution in [2.75, 3.05) is 46.9 Å². The molecule has 0 spiro atoms. The van der Waals surface area contributed by atoms with Crippen molar-refractivity contribution in [3.05, 3.63) is 27.8 Å². The maximum Gasteiger partial charge on any atom is 0.286 e. The van der Waals surface area contributed by atoms with Gasteiger partial charge in [-0.3, -0.25) is 14.9 Å². The van der Waals surface area contributed by atoms with Crippen molar-refractivity contribution in [3.63, 3.8) is 0 Å². The molecule has 23 heavy (non-hydrogen) atoms.